The molecule has 0 unspecified atom stereocenters. The molecule has 1 heterocycles. The lowest BCUT2D eigenvalue weighted by Crippen LogP contribution is -2.22. The van der Waals surface area contributed by atoms with Gasteiger partial charge >= 0.3 is 0 Å². The topological polar surface area (TPSA) is 81.1 Å². The molecule has 0 saturated carbocycles. The minimum Gasteiger partial charge on any atom is -0.267 e. The molecule has 4 rings (SSSR count). The van der Waals surface area contributed by atoms with Crippen LogP contribution in [0.15, 0.2) is 83.7 Å². The minimum atomic E-state index is -2.63. The Kier molecular flexibility index (Phi) is 6.43. The summed E-state index contributed by atoms with van der Waals surface area (Å²) in [5.41, 5.74) is 2.89. The van der Waals surface area contributed by atoms with E-state index in [0.717, 1.165) is 16.5 Å². The molecule has 0 bridgehead atoms. The third-order valence-electron chi connectivity index (χ3n) is 4.45. The van der Waals surface area contributed by atoms with Crippen molar-refractivity contribution in [2.24, 2.45) is 0 Å². The van der Waals surface area contributed by atoms with Gasteiger partial charge in [0.05, 0.1) is 16.8 Å². The maximum atomic E-state index is 13.0. The van der Waals surface area contributed by atoms with E-state index in [1.165, 1.54) is 4.68 Å². The van der Waals surface area contributed by atoms with Crippen LogP contribution < -0.4 is 10.3 Å². The highest BCUT2D eigenvalue weighted by Gasteiger charge is 2.13. The lowest BCUT2D eigenvalue weighted by Gasteiger charge is -2.11. The zero-order valence-electron chi connectivity index (χ0n) is 15.2. The van der Waals surface area contributed by atoms with Crippen LogP contribution in [0.2, 0.25) is 0 Å². The van der Waals surface area contributed by atoms with Gasteiger partial charge in [0.15, 0.2) is 0 Å². The van der Waals surface area contributed by atoms with Gasteiger partial charge in [0.1, 0.15) is 0 Å². The molecule has 1 aromatic heterocycles. The van der Waals surface area contributed by atoms with Gasteiger partial charge < -0.3 is 0 Å². The number of aromatic nitrogens is 2. The number of hydrogen-bond donors (Lipinski definition) is 2. The molecule has 0 amide bonds. The summed E-state index contributed by atoms with van der Waals surface area (Å²) in [6.07, 6.45) is 0. The summed E-state index contributed by atoms with van der Waals surface area (Å²) < 4.78 is 25.2. The fraction of sp³-hybridized carbons (Fsp3) is 0.0476. The van der Waals surface area contributed by atoms with Gasteiger partial charge in [-0.05, 0) is 23.8 Å². The first kappa shape index (κ1) is 20.7. The average Bonchev–Trinajstić information content (AvgIpc) is 2.74. The van der Waals surface area contributed by atoms with Crippen molar-refractivity contribution in [2.45, 2.75) is 6.54 Å². The maximum Gasteiger partial charge on any atom is 0.279 e. The number of nitrogens with zero attached hydrogens (tertiary/aromatic N) is 2. The SMILES string of the molecule is Cl.O=c1c2ccccc2c(-c2ccc(CN[SH](=O)=O)cc2)nn1-c1ccccc1. The van der Waals surface area contributed by atoms with Gasteiger partial charge in [0.2, 0.25) is 10.9 Å². The summed E-state index contributed by atoms with van der Waals surface area (Å²) in [4.78, 5) is 13.0. The van der Waals surface area contributed by atoms with Gasteiger partial charge in [-0.25, -0.2) is 13.1 Å². The van der Waals surface area contributed by atoms with Crippen LogP contribution in [0, 0.1) is 0 Å². The molecule has 0 spiro atoms. The van der Waals surface area contributed by atoms with Gasteiger partial charge in [-0.1, -0.05) is 60.7 Å². The monoisotopic (exact) mass is 427 g/mol. The van der Waals surface area contributed by atoms with Crippen LogP contribution in [-0.2, 0) is 17.4 Å². The number of thiol groups is 1. The molecule has 0 fully saturated rings. The third kappa shape index (κ3) is 4.37. The molecule has 0 aliphatic carbocycles. The van der Waals surface area contributed by atoms with Crippen LogP contribution in [0.1, 0.15) is 5.56 Å². The van der Waals surface area contributed by atoms with Crippen LogP contribution in [0.4, 0.5) is 0 Å². The summed E-state index contributed by atoms with van der Waals surface area (Å²) in [6, 6.07) is 24.1. The lowest BCUT2D eigenvalue weighted by atomic mass is 10.0. The molecular formula is C21H18ClN3O3S. The van der Waals surface area contributed by atoms with E-state index in [2.05, 4.69) is 9.82 Å². The highest BCUT2D eigenvalue weighted by molar-refractivity contribution is 7.70. The van der Waals surface area contributed by atoms with Gasteiger partial charge in [0, 0.05) is 17.5 Å². The maximum absolute atomic E-state index is 13.0. The van der Waals surface area contributed by atoms with E-state index in [9.17, 15) is 13.2 Å². The fourth-order valence-corrected chi connectivity index (χ4v) is 3.39. The van der Waals surface area contributed by atoms with Gasteiger partial charge in [-0.3, -0.25) is 4.79 Å². The second-order valence-electron chi connectivity index (χ2n) is 6.24. The Bertz CT molecular complexity index is 1260. The number of hydrogen-bond acceptors (Lipinski definition) is 4. The van der Waals surface area contributed by atoms with Crippen LogP contribution >= 0.6 is 12.4 Å². The minimum absolute atomic E-state index is 0. The number of fused-ring (bicyclic) bond motifs is 1. The molecule has 1 N–H and O–H groups in total. The quantitative estimate of drug-likeness (QED) is 0.479. The molecule has 4 aromatic rings. The van der Waals surface area contributed by atoms with E-state index < -0.39 is 10.9 Å². The first-order chi connectivity index (χ1) is 13.6. The van der Waals surface area contributed by atoms with Gasteiger partial charge in [0.25, 0.3) is 5.56 Å². The Morgan fingerprint density at radius 2 is 1.45 bits per heavy atom. The average molecular weight is 428 g/mol. The van der Waals surface area contributed by atoms with Crippen LogP contribution in [0.3, 0.4) is 0 Å². The van der Waals surface area contributed by atoms with Crippen molar-refractivity contribution >= 4 is 34.1 Å². The standard InChI is InChI=1S/C21H17N3O3S.ClH/c25-21-19-9-5-4-8-18(19)20(23-24(21)17-6-2-1-3-7-17)16-12-10-15(11-13-16)14-22-28(26)27;/h1-13,28H,14H2,(H,22,26,27);1H. The molecule has 0 aliphatic rings. The normalized spacial score (nSPS) is 10.8. The molecular weight excluding hydrogens is 410 g/mol. The van der Waals surface area contributed by atoms with Gasteiger partial charge in [-0.15, -0.1) is 12.4 Å². The second-order valence-corrected chi connectivity index (χ2v) is 7.07. The van der Waals surface area contributed by atoms with E-state index in [-0.39, 0.29) is 24.5 Å². The van der Waals surface area contributed by atoms with E-state index in [4.69, 9.17) is 0 Å². The van der Waals surface area contributed by atoms with Crippen LogP contribution in [-0.4, -0.2) is 18.2 Å². The number of halogens is 1. The largest absolute Gasteiger partial charge is 0.279 e. The Hall–Kier alpha value is -3.00. The van der Waals surface area contributed by atoms with Crippen molar-refractivity contribution in [1.82, 2.24) is 14.5 Å². The van der Waals surface area contributed by atoms with Crippen molar-refractivity contribution in [2.75, 3.05) is 0 Å². The lowest BCUT2D eigenvalue weighted by molar-refractivity contribution is 0.601. The summed E-state index contributed by atoms with van der Waals surface area (Å²) in [7, 11) is -2.63. The van der Waals surface area contributed by atoms with Crippen molar-refractivity contribution in [3.8, 4) is 16.9 Å². The van der Waals surface area contributed by atoms with Gasteiger partial charge in [-0.2, -0.15) is 9.78 Å². The van der Waals surface area contributed by atoms with E-state index in [0.29, 0.717) is 16.8 Å². The molecule has 0 radical (unpaired) electrons. The predicted octanol–water partition coefficient (Wildman–Crippen LogP) is 3.09. The van der Waals surface area contributed by atoms with Crippen LogP contribution in [0.5, 0.6) is 0 Å². The van der Waals surface area contributed by atoms with Crippen molar-refractivity contribution in [3.63, 3.8) is 0 Å². The Balaban J connectivity index is 0.00000240. The van der Waals surface area contributed by atoms with E-state index in [1.54, 1.807) is 6.07 Å². The molecule has 3 aromatic carbocycles. The molecule has 29 heavy (non-hydrogen) atoms. The molecule has 0 atom stereocenters. The third-order valence-corrected chi connectivity index (χ3v) is 4.86. The second kappa shape index (κ2) is 9.00. The number of para-hydroxylation sites is 1. The highest BCUT2D eigenvalue weighted by atomic mass is 35.5. The van der Waals surface area contributed by atoms with Crippen molar-refractivity contribution < 1.29 is 8.42 Å². The summed E-state index contributed by atoms with van der Waals surface area (Å²) in [6.45, 7) is 0.233. The zero-order chi connectivity index (χ0) is 19.5. The van der Waals surface area contributed by atoms with Crippen molar-refractivity contribution in [3.05, 3.63) is 94.8 Å². The number of rotatable bonds is 5. The number of nitrogens with one attached hydrogen (secondary N) is 1. The van der Waals surface area contributed by atoms with E-state index in [1.807, 2.05) is 72.8 Å². The Labute approximate surface area is 175 Å². The highest BCUT2D eigenvalue weighted by Crippen LogP contribution is 2.25. The first-order valence-electron chi connectivity index (χ1n) is 8.68. The van der Waals surface area contributed by atoms with E-state index >= 15 is 0 Å². The molecule has 0 aliphatic heterocycles. The molecule has 6 nitrogen and oxygen atoms in total. The first-order valence-corrected chi connectivity index (χ1v) is 9.86. The molecule has 148 valence electrons. The summed E-state index contributed by atoms with van der Waals surface area (Å²) in [5.74, 6) is 0. The van der Waals surface area contributed by atoms with Crippen LogP contribution in [0.25, 0.3) is 27.7 Å². The summed E-state index contributed by atoms with van der Waals surface area (Å²) >= 11 is 0. The fourth-order valence-electron chi connectivity index (χ4n) is 3.08. The molecule has 0 saturated heterocycles. The summed E-state index contributed by atoms with van der Waals surface area (Å²) in [5, 5.41) is 6.00. The Morgan fingerprint density at radius 3 is 2.10 bits per heavy atom. The number of benzene rings is 3. The Morgan fingerprint density at radius 1 is 0.828 bits per heavy atom. The van der Waals surface area contributed by atoms with Crippen molar-refractivity contribution in [1.29, 1.82) is 0 Å². The smallest absolute Gasteiger partial charge is 0.267 e. The zero-order valence-corrected chi connectivity index (χ0v) is 16.9. The molecule has 8 heteroatoms. The predicted molar refractivity (Wildman–Crippen MR) is 117 cm³/mol.